The molecule has 1 heterocycles. The fourth-order valence-corrected chi connectivity index (χ4v) is 2.27. The molecule has 0 bridgehead atoms. The summed E-state index contributed by atoms with van der Waals surface area (Å²) >= 11 is 0. The second-order valence-electron chi connectivity index (χ2n) is 4.90. The van der Waals surface area contributed by atoms with Crippen LogP contribution in [0.1, 0.15) is 5.56 Å². The van der Waals surface area contributed by atoms with Crippen LogP contribution in [-0.2, 0) is 6.61 Å². The molecule has 114 valence electrons. The van der Waals surface area contributed by atoms with Crippen LogP contribution in [0.2, 0.25) is 0 Å². The highest BCUT2D eigenvalue weighted by molar-refractivity contribution is 5.73. The smallest absolute Gasteiger partial charge is 0.311 e. The number of ether oxygens (including phenoxy) is 1. The number of nitrogens with zero attached hydrogens (tertiary/aromatic N) is 2. The Bertz CT molecular complexity index is 805. The van der Waals surface area contributed by atoms with Gasteiger partial charge in [0.25, 0.3) is 0 Å². The van der Waals surface area contributed by atoms with Gasteiger partial charge in [-0.3, -0.25) is 15.1 Å². The van der Waals surface area contributed by atoms with E-state index in [1.807, 2.05) is 36.4 Å². The van der Waals surface area contributed by atoms with Gasteiger partial charge in [-0.2, -0.15) is 0 Å². The molecule has 0 aliphatic heterocycles. The highest BCUT2D eigenvalue weighted by Gasteiger charge is 2.20. The molecule has 3 aromatic rings. The summed E-state index contributed by atoms with van der Waals surface area (Å²) in [6.45, 7) is 0.255. The molecular formula is C18H14N2O3. The van der Waals surface area contributed by atoms with Crippen LogP contribution >= 0.6 is 0 Å². The molecule has 0 aliphatic rings. The zero-order valence-electron chi connectivity index (χ0n) is 12.3. The van der Waals surface area contributed by atoms with Gasteiger partial charge >= 0.3 is 5.69 Å². The van der Waals surface area contributed by atoms with E-state index in [0.29, 0.717) is 11.3 Å². The third-order valence-corrected chi connectivity index (χ3v) is 3.36. The van der Waals surface area contributed by atoms with E-state index in [0.717, 1.165) is 5.56 Å². The van der Waals surface area contributed by atoms with Crippen LogP contribution in [0.25, 0.3) is 11.3 Å². The van der Waals surface area contributed by atoms with Crippen molar-refractivity contribution in [3.05, 3.63) is 88.6 Å². The Kier molecular flexibility index (Phi) is 4.29. The zero-order chi connectivity index (χ0) is 16.1. The van der Waals surface area contributed by atoms with E-state index < -0.39 is 4.92 Å². The number of nitro benzene ring substituents is 1. The Morgan fingerprint density at radius 3 is 2.43 bits per heavy atom. The molecule has 5 heteroatoms. The van der Waals surface area contributed by atoms with E-state index in [2.05, 4.69) is 4.98 Å². The third kappa shape index (κ3) is 3.35. The van der Waals surface area contributed by atoms with Crippen LogP contribution < -0.4 is 4.74 Å². The van der Waals surface area contributed by atoms with Crippen LogP contribution in [0.15, 0.2) is 72.9 Å². The van der Waals surface area contributed by atoms with Gasteiger partial charge in [0.05, 0.1) is 10.6 Å². The summed E-state index contributed by atoms with van der Waals surface area (Å²) in [7, 11) is 0. The van der Waals surface area contributed by atoms with Crippen molar-refractivity contribution in [2.24, 2.45) is 0 Å². The highest BCUT2D eigenvalue weighted by Crippen LogP contribution is 2.37. The van der Waals surface area contributed by atoms with E-state index in [1.165, 1.54) is 6.07 Å². The second-order valence-corrected chi connectivity index (χ2v) is 4.90. The number of aromatic nitrogens is 1. The molecule has 5 nitrogen and oxygen atoms in total. The number of benzene rings is 2. The van der Waals surface area contributed by atoms with Crippen molar-refractivity contribution in [3.63, 3.8) is 0 Å². The standard InChI is InChI=1S/C18H14N2O3/c21-20(22)17-11-6-9-15(16-10-4-5-12-19-16)18(17)23-13-14-7-2-1-3-8-14/h1-12H,13H2. The van der Waals surface area contributed by atoms with Gasteiger partial charge in [-0.1, -0.05) is 42.5 Å². The van der Waals surface area contributed by atoms with E-state index in [1.54, 1.807) is 30.5 Å². The van der Waals surface area contributed by atoms with Crippen molar-refractivity contribution in [3.8, 4) is 17.0 Å². The first-order valence-electron chi connectivity index (χ1n) is 7.11. The first kappa shape index (κ1) is 14.7. The molecule has 0 saturated carbocycles. The lowest BCUT2D eigenvalue weighted by Gasteiger charge is -2.11. The number of hydrogen-bond donors (Lipinski definition) is 0. The van der Waals surface area contributed by atoms with Crippen LogP contribution in [0.3, 0.4) is 0 Å². The number of rotatable bonds is 5. The summed E-state index contributed by atoms with van der Waals surface area (Å²) < 4.78 is 5.79. The highest BCUT2D eigenvalue weighted by atomic mass is 16.6. The predicted octanol–water partition coefficient (Wildman–Crippen LogP) is 4.24. The average molecular weight is 306 g/mol. The quantitative estimate of drug-likeness (QED) is 0.522. The average Bonchev–Trinajstić information content (AvgIpc) is 2.61. The van der Waals surface area contributed by atoms with Crippen LogP contribution in [0.5, 0.6) is 5.75 Å². The lowest BCUT2D eigenvalue weighted by molar-refractivity contribution is -0.385. The lowest BCUT2D eigenvalue weighted by Crippen LogP contribution is -2.01. The topological polar surface area (TPSA) is 65.3 Å². The minimum atomic E-state index is -0.438. The number of pyridine rings is 1. The Labute approximate surface area is 133 Å². The molecule has 0 saturated heterocycles. The first-order valence-corrected chi connectivity index (χ1v) is 7.11. The number of hydrogen-bond acceptors (Lipinski definition) is 4. The van der Waals surface area contributed by atoms with Crippen LogP contribution in [0, 0.1) is 10.1 Å². The molecule has 0 spiro atoms. The predicted molar refractivity (Wildman–Crippen MR) is 87.1 cm³/mol. The number of para-hydroxylation sites is 1. The van der Waals surface area contributed by atoms with Gasteiger partial charge in [0, 0.05) is 17.8 Å². The van der Waals surface area contributed by atoms with E-state index in [-0.39, 0.29) is 18.0 Å². The molecule has 0 radical (unpaired) electrons. The zero-order valence-corrected chi connectivity index (χ0v) is 12.3. The Balaban J connectivity index is 2.00. The van der Waals surface area contributed by atoms with E-state index >= 15 is 0 Å². The minimum absolute atomic E-state index is 0.0657. The Morgan fingerprint density at radius 2 is 1.74 bits per heavy atom. The molecule has 0 amide bonds. The summed E-state index contributed by atoms with van der Waals surface area (Å²) in [4.78, 5) is 15.1. The maximum atomic E-state index is 11.3. The van der Waals surface area contributed by atoms with Gasteiger partial charge in [0.1, 0.15) is 6.61 Å². The maximum absolute atomic E-state index is 11.3. The number of nitro groups is 1. The molecule has 0 N–H and O–H groups in total. The van der Waals surface area contributed by atoms with Gasteiger partial charge in [-0.25, -0.2) is 0 Å². The van der Waals surface area contributed by atoms with Crippen molar-refractivity contribution in [1.29, 1.82) is 0 Å². The van der Waals surface area contributed by atoms with Crippen molar-refractivity contribution < 1.29 is 9.66 Å². The molecule has 0 aliphatic carbocycles. The van der Waals surface area contributed by atoms with Crippen molar-refractivity contribution in [2.75, 3.05) is 0 Å². The third-order valence-electron chi connectivity index (χ3n) is 3.36. The summed E-state index contributed by atoms with van der Waals surface area (Å²) in [6, 6.07) is 19.8. The molecule has 0 atom stereocenters. The molecule has 23 heavy (non-hydrogen) atoms. The second kappa shape index (κ2) is 6.70. The summed E-state index contributed by atoms with van der Waals surface area (Å²) in [6.07, 6.45) is 1.65. The summed E-state index contributed by atoms with van der Waals surface area (Å²) in [5.41, 5.74) is 2.12. The maximum Gasteiger partial charge on any atom is 0.311 e. The van der Waals surface area contributed by atoms with Gasteiger partial charge in [-0.05, 0) is 23.8 Å². The van der Waals surface area contributed by atoms with Crippen molar-refractivity contribution in [1.82, 2.24) is 4.98 Å². The molecule has 2 aromatic carbocycles. The fourth-order valence-electron chi connectivity index (χ4n) is 2.27. The molecule has 0 unspecified atom stereocenters. The lowest BCUT2D eigenvalue weighted by atomic mass is 10.1. The van der Waals surface area contributed by atoms with Gasteiger partial charge in [0.15, 0.2) is 0 Å². The SMILES string of the molecule is O=[N+]([O-])c1cccc(-c2ccccn2)c1OCc1ccccc1. The summed E-state index contributed by atoms with van der Waals surface area (Å²) in [5.74, 6) is 0.236. The van der Waals surface area contributed by atoms with Gasteiger partial charge in [0.2, 0.25) is 5.75 Å². The van der Waals surface area contributed by atoms with E-state index in [9.17, 15) is 10.1 Å². The van der Waals surface area contributed by atoms with E-state index in [4.69, 9.17) is 4.74 Å². The molecule has 3 rings (SSSR count). The fraction of sp³-hybridized carbons (Fsp3) is 0.0556. The normalized spacial score (nSPS) is 10.3. The van der Waals surface area contributed by atoms with Crippen molar-refractivity contribution >= 4 is 5.69 Å². The largest absolute Gasteiger partial charge is 0.481 e. The molecule has 1 aromatic heterocycles. The Morgan fingerprint density at radius 1 is 0.957 bits per heavy atom. The van der Waals surface area contributed by atoms with Gasteiger partial charge < -0.3 is 4.74 Å². The monoisotopic (exact) mass is 306 g/mol. The Hall–Kier alpha value is -3.21. The van der Waals surface area contributed by atoms with Crippen LogP contribution in [-0.4, -0.2) is 9.91 Å². The van der Waals surface area contributed by atoms with Crippen LogP contribution in [0.4, 0.5) is 5.69 Å². The molecule has 0 fully saturated rings. The first-order chi connectivity index (χ1) is 11.3. The minimum Gasteiger partial charge on any atom is -0.481 e. The van der Waals surface area contributed by atoms with Crippen molar-refractivity contribution in [2.45, 2.75) is 6.61 Å². The van der Waals surface area contributed by atoms with Gasteiger partial charge in [-0.15, -0.1) is 0 Å². The summed E-state index contributed by atoms with van der Waals surface area (Å²) in [5, 5.41) is 11.3. The molecular weight excluding hydrogens is 292 g/mol.